The van der Waals surface area contributed by atoms with Gasteiger partial charge in [-0.15, -0.1) is 0 Å². The quantitative estimate of drug-likeness (QED) is 0.791. The van der Waals surface area contributed by atoms with E-state index in [2.05, 4.69) is 35.1 Å². The second-order valence-corrected chi connectivity index (χ2v) is 5.75. The van der Waals surface area contributed by atoms with E-state index in [-0.39, 0.29) is 0 Å². The van der Waals surface area contributed by atoms with Crippen LogP contribution in [0.5, 0.6) is 0 Å². The first-order valence-corrected chi connectivity index (χ1v) is 7.53. The Labute approximate surface area is 122 Å². The summed E-state index contributed by atoms with van der Waals surface area (Å²) in [6.07, 6.45) is 4.72. The van der Waals surface area contributed by atoms with Crippen molar-refractivity contribution in [1.82, 2.24) is 10.3 Å². The van der Waals surface area contributed by atoms with Crippen molar-refractivity contribution in [2.75, 3.05) is 32.2 Å². The van der Waals surface area contributed by atoms with Crippen LogP contribution in [0.2, 0.25) is 0 Å². The van der Waals surface area contributed by atoms with E-state index in [9.17, 15) is 0 Å². The zero-order valence-corrected chi connectivity index (χ0v) is 13.1. The van der Waals surface area contributed by atoms with Crippen LogP contribution in [0.4, 0.5) is 5.69 Å². The standard InChI is InChI=1S/C16H27N3O/c1-12-9-16(15(10-17-3)11-18-12)19(7-8-20-4)13(2)14-5-6-14/h9,11,13-14,17H,5-8,10H2,1-4H3. The maximum atomic E-state index is 5.30. The molecule has 1 aliphatic carbocycles. The lowest BCUT2D eigenvalue weighted by molar-refractivity contribution is 0.202. The van der Waals surface area contributed by atoms with Gasteiger partial charge < -0.3 is 15.0 Å². The minimum absolute atomic E-state index is 0.572. The molecule has 20 heavy (non-hydrogen) atoms. The molecule has 1 N–H and O–H groups in total. The number of aromatic nitrogens is 1. The molecule has 1 saturated carbocycles. The van der Waals surface area contributed by atoms with E-state index >= 15 is 0 Å². The topological polar surface area (TPSA) is 37.4 Å². The van der Waals surface area contributed by atoms with Crippen LogP contribution in [0.1, 0.15) is 31.0 Å². The summed E-state index contributed by atoms with van der Waals surface area (Å²) in [6.45, 7) is 6.95. The summed E-state index contributed by atoms with van der Waals surface area (Å²) >= 11 is 0. The van der Waals surface area contributed by atoms with Crippen LogP contribution >= 0.6 is 0 Å². The number of rotatable bonds is 8. The van der Waals surface area contributed by atoms with E-state index in [0.29, 0.717) is 6.04 Å². The van der Waals surface area contributed by atoms with Gasteiger partial charge in [0.05, 0.1) is 6.61 Å². The predicted molar refractivity (Wildman–Crippen MR) is 83.1 cm³/mol. The molecular formula is C16H27N3O. The molecule has 1 aromatic rings. The molecule has 1 fully saturated rings. The Morgan fingerprint density at radius 1 is 1.50 bits per heavy atom. The molecule has 0 aliphatic heterocycles. The van der Waals surface area contributed by atoms with Crippen LogP contribution in [-0.4, -0.2) is 38.3 Å². The van der Waals surface area contributed by atoms with E-state index in [1.165, 1.54) is 24.1 Å². The number of methoxy groups -OCH3 is 1. The minimum atomic E-state index is 0.572. The number of nitrogens with one attached hydrogen (secondary N) is 1. The molecule has 0 aromatic carbocycles. The Kier molecular flexibility index (Phi) is 5.38. The van der Waals surface area contributed by atoms with Crippen molar-refractivity contribution in [1.29, 1.82) is 0 Å². The van der Waals surface area contributed by atoms with Gasteiger partial charge in [-0.2, -0.15) is 0 Å². The van der Waals surface area contributed by atoms with Gasteiger partial charge in [-0.25, -0.2) is 0 Å². The fraction of sp³-hybridized carbons (Fsp3) is 0.688. The highest BCUT2D eigenvalue weighted by Gasteiger charge is 2.32. The fourth-order valence-electron chi connectivity index (χ4n) is 2.73. The van der Waals surface area contributed by atoms with E-state index < -0.39 is 0 Å². The summed E-state index contributed by atoms with van der Waals surface area (Å²) < 4.78 is 5.30. The first-order valence-electron chi connectivity index (χ1n) is 7.53. The van der Waals surface area contributed by atoms with E-state index in [1.54, 1.807) is 7.11 Å². The van der Waals surface area contributed by atoms with Gasteiger partial charge >= 0.3 is 0 Å². The number of hydrogen-bond donors (Lipinski definition) is 1. The second kappa shape index (κ2) is 7.04. The van der Waals surface area contributed by atoms with Gasteiger partial charge in [0.25, 0.3) is 0 Å². The molecule has 1 heterocycles. The van der Waals surface area contributed by atoms with Crippen molar-refractivity contribution in [2.45, 2.75) is 39.3 Å². The third-order valence-electron chi connectivity index (χ3n) is 4.11. The molecule has 1 unspecified atom stereocenters. The summed E-state index contributed by atoms with van der Waals surface area (Å²) in [5.74, 6) is 0.836. The smallest absolute Gasteiger partial charge is 0.0637 e. The highest BCUT2D eigenvalue weighted by Crippen LogP contribution is 2.37. The number of hydrogen-bond acceptors (Lipinski definition) is 4. The first-order chi connectivity index (χ1) is 9.67. The molecule has 1 atom stereocenters. The van der Waals surface area contributed by atoms with Crippen molar-refractivity contribution in [2.24, 2.45) is 5.92 Å². The Morgan fingerprint density at radius 2 is 2.25 bits per heavy atom. The Balaban J connectivity index is 2.27. The van der Waals surface area contributed by atoms with E-state index in [1.807, 2.05) is 13.2 Å². The van der Waals surface area contributed by atoms with Gasteiger partial charge in [-0.3, -0.25) is 4.98 Å². The minimum Gasteiger partial charge on any atom is -0.383 e. The van der Waals surface area contributed by atoms with Crippen molar-refractivity contribution >= 4 is 5.69 Å². The molecule has 0 radical (unpaired) electrons. The van der Waals surface area contributed by atoms with Crippen LogP contribution < -0.4 is 10.2 Å². The summed E-state index contributed by atoms with van der Waals surface area (Å²) in [5, 5.41) is 3.24. The molecule has 4 nitrogen and oxygen atoms in total. The van der Waals surface area contributed by atoms with E-state index in [4.69, 9.17) is 4.74 Å². The van der Waals surface area contributed by atoms with Crippen LogP contribution in [-0.2, 0) is 11.3 Å². The fourth-order valence-corrected chi connectivity index (χ4v) is 2.73. The average Bonchev–Trinajstić information content (AvgIpc) is 3.26. The molecule has 0 bridgehead atoms. The normalized spacial score (nSPS) is 16.2. The summed E-state index contributed by atoms with van der Waals surface area (Å²) in [6, 6.07) is 2.78. The zero-order chi connectivity index (χ0) is 14.5. The van der Waals surface area contributed by atoms with Crippen molar-refractivity contribution < 1.29 is 4.74 Å². The Bertz CT molecular complexity index is 432. The van der Waals surface area contributed by atoms with Gasteiger partial charge in [-0.1, -0.05) is 0 Å². The SMILES string of the molecule is CNCc1cnc(C)cc1N(CCOC)C(C)C1CC1. The van der Waals surface area contributed by atoms with Crippen molar-refractivity contribution in [3.63, 3.8) is 0 Å². The summed E-state index contributed by atoms with van der Waals surface area (Å²) in [5.41, 5.74) is 3.65. The molecule has 112 valence electrons. The highest BCUT2D eigenvalue weighted by atomic mass is 16.5. The lowest BCUT2D eigenvalue weighted by Crippen LogP contribution is -2.38. The molecule has 0 spiro atoms. The number of aryl methyl sites for hydroxylation is 1. The van der Waals surface area contributed by atoms with Gasteiger partial charge in [-0.05, 0) is 45.7 Å². The van der Waals surface area contributed by atoms with Crippen molar-refractivity contribution in [3.05, 3.63) is 23.5 Å². The second-order valence-electron chi connectivity index (χ2n) is 5.75. The summed E-state index contributed by atoms with van der Waals surface area (Å²) in [4.78, 5) is 6.95. The molecule has 2 rings (SSSR count). The first kappa shape index (κ1) is 15.3. The molecule has 1 aromatic heterocycles. The number of pyridine rings is 1. The zero-order valence-electron chi connectivity index (χ0n) is 13.1. The molecule has 0 amide bonds. The third kappa shape index (κ3) is 3.70. The monoisotopic (exact) mass is 277 g/mol. The molecular weight excluding hydrogens is 250 g/mol. The highest BCUT2D eigenvalue weighted by molar-refractivity contribution is 5.54. The van der Waals surface area contributed by atoms with Crippen LogP contribution in [0, 0.1) is 12.8 Å². The third-order valence-corrected chi connectivity index (χ3v) is 4.11. The van der Waals surface area contributed by atoms with Gasteiger partial charge in [0.15, 0.2) is 0 Å². The van der Waals surface area contributed by atoms with E-state index in [0.717, 1.165) is 31.3 Å². The maximum absolute atomic E-state index is 5.30. The number of nitrogens with zero attached hydrogens (tertiary/aromatic N) is 2. The van der Waals surface area contributed by atoms with Gasteiger partial charge in [0.2, 0.25) is 0 Å². The average molecular weight is 277 g/mol. The number of anilines is 1. The van der Waals surface area contributed by atoms with Gasteiger partial charge in [0, 0.05) is 49.4 Å². The van der Waals surface area contributed by atoms with Crippen molar-refractivity contribution in [3.8, 4) is 0 Å². The van der Waals surface area contributed by atoms with Crippen LogP contribution in [0.25, 0.3) is 0 Å². The summed E-state index contributed by atoms with van der Waals surface area (Å²) in [7, 11) is 3.75. The largest absolute Gasteiger partial charge is 0.383 e. The lowest BCUT2D eigenvalue weighted by Gasteiger charge is -2.33. The van der Waals surface area contributed by atoms with Gasteiger partial charge in [0.1, 0.15) is 0 Å². The molecule has 4 heteroatoms. The number of ether oxygens (including phenoxy) is 1. The Hall–Kier alpha value is -1.13. The Morgan fingerprint density at radius 3 is 2.85 bits per heavy atom. The predicted octanol–water partition coefficient (Wildman–Crippen LogP) is 2.36. The van der Waals surface area contributed by atoms with Crippen LogP contribution in [0.3, 0.4) is 0 Å². The maximum Gasteiger partial charge on any atom is 0.0637 e. The molecule has 1 aliphatic rings. The van der Waals surface area contributed by atoms with Crippen LogP contribution in [0.15, 0.2) is 12.3 Å². The lowest BCUT2D eigenvalue weighted by atomic mass is 10.1. The molecule has 0 saturated heterocycles.